The zero-order valence-corrected chi connectivity index (χ0v) is 8.37. The molecule has 0 aliphatic rings. The van der Waals surface area contributed by atoms with Gasteiger partial charge in [-0.15, -0.1) is 0 Å². The van der Waals surface area contributed by atoms with Crippen molar-refractivity contribution in [2.75, 3.05) is 13.7 Å². The van der Waals surface area contributed by atoms with E-state index in [1.165, 1.54) is 0 Å². The molecule has 0 aliphatic heterocycles. The summed E-state index contributed by atoms with van der Waals surface area (Å²) in [4.78, 5) is 0. The summed E-state index contributed by atoms with van der Waals surface area (Å²) in [5, 5.41) is 19.0. The van der Waals surface area contributed by atoms with Crippen LogP contribution in [0.1, 0.15) is 27.2 Å². The third-order valence-electron chi connectivity index (χ3n) is 2.04. The van der Waals surface area contributed by atoms with Gasteiger partial charge in [-0.2, -0.15) is 0 Å². The van der Waals surface area contributed by atoms with E-state index in [0.29, 0.717) is 6.61 Å². The van der Waals surface area contributed by atoms with Crippen LogP contribution in [0.5, 0.6) is 0 Å². The fourth-order valence-electron chi connectivity index (χ4n) is 1.16. The molecule has 0 saturated heterocycles. The quantitative estimate of drug-likeness (QED) is 0.651. The summed E-state index contributed by atoms with van der Waals surface area (Å²) >= 11 is 0. The summed E-state index contributed by atoms with van der Waals surface area (Å²) in [5.74, 6) is 0.0601. The Hall–Kier alpha value is -0.120. The lowest BCUT2D eigenvalue weighted by atomic mass is 9.89. The molecule has 3 heteroatoms. The number of hydrogen-bond donors (Lipinski definition) is 2. The molecular weight excluding hydrogens is 156 g/mol. The maximum absolute atomic E-state index is 9.58. The highest BCUT2D eigenvalue weighted by molar-refractivity contribution is 4.80. The highest BCUT2D eigenvalue weighted by Crippen LogP contribution is 2.19. The molecule has 0 rings (SSSR count). The molecule has 2 N–H and O–H groups in total. The van der Waals surface area contributed by atoms with Gasteiger partial charge in [0.1, 0.15) is 0 Å². The number of aliphatic hydroxyl groups excluding tert-OH is 1. The molecule has 0 saturated carbocycles. The normalized spacial score (nSPS) is 17.5. The molecule has 0 radical (unpaired) electrons. The van der Waals surface area contributed by atoms with Crippen LogP contribution < -0.4 is 0 Å². The molecule has 0 aromatic heterocycles. The summed E-state index contributed by atoms with van der Waals surface area (Å²) in [6.07, 6.45) is 0.0782. The zero-order chi connectivity index (χ0) is 9.78. The molecule has 0 aliphatic carbocycles. The Labute approximate surface area is 74.4 Å². The summed E-state index contributed by atoms with van der Waals surface area (Å²) in [6.45, 7) is 5.75. The standard InChI is InChI=1S/C9H20O3/c1-7(5-6-12-4)8(10)9(2,3)11/h7-8,10-11H,5-6H2,1-4H3. The molecule has 3 nitrogen and oxygen atoms in total. The molecule has 0 fully saturated rings. The van der Waals surface area contributed by atoms with E-state index in [0.717, 1.165) is 6.42 Å². The summed E-state index contributed by atoms with van der Waals surface area (Å²) in [7, 11) is 1.63. The lowest BCUT2D eigenvalue weighted by molar-refractivity contribution is -0.0772. The van der Waals surface area contributed by atoms with Gasteiger partial charge >= 0.3 is 0 Å². The van der Waals surface area contributed by atoms with Crippen LogP contribution in [-0.2, 0) is 4.74 Å². The van der Waals surface area contributed by atoms with Crippen LogP contribution in [0.3, 0.4) is 0 Å². The van der Waals surface area contributed by atoms with E-state index >= 15 is 0 Å². The van der Waals surface area contributed by atoms with Crippen molar-refractivity contribution in [1.82, 2.24) is 0 Å². The molecule has 0 spiro atoms. The Bertz CT molecular complexity index is 117. The summed E-state index contributed by atoms with van der Waals surface area (Å²) < 4.78 is 4.88. The van der Waals surface area contributed by atoms with Gasteiger partial charge in [-0.25, -0.2) is 0 Å². The maximum atomic E-state index is 9.58. The van der Waals surface area contributed by atoms with Crippen molar-refractivity contribution in [3.05, 3.63) is 0 Å². The van der Waals surface area contributed by atoms with Crippen LogP contribution in [0.4, 0.5) is 0 Å². The fraction of sp³-hybridized carbons (Fsp3) is 1.00. The van der Waals surface area contributed by atoms with Crippen molar-refractivity contribution in [2.24, 2.45) is 5.92 Å². The van der Waals surface area contributed by atoms with Gasteiger partial charge < -0.3 is 14.9 Å². The summed E-state index contributed by atoms with van der Waals surface area (Å²) in [6, 6.07) is 0. The highest BCUT2D eigenvalue weighted by Gasteiger charge is 2.29. The van der Waals surface area contributed by atoms with Crippen molar-refractivity contribution < 1.29 is 14.9 Å². The SMILES string of the molecule is COCCC(C)C(O)C(C)(C)O. The third kappa shape index (κ3) is 4.04. The second-order valence-corrected chi connectivity index (χ2v) is 3.86. The first-order valence-corrected chi connectivity index (χ1v) is 4.29. The third-order valence-corrected chi connectivity index (χ3v) is 2.04. The minimum atomic E-state index is -1.02. The van der Waals surface area contributed by atoms with Gasteiger partial charge in [-0.3, -0.25) is 0 Å². The average molecular weight is 176 g/mol. The Balaban J connectivity index is 3.84. The lowest BCUT2D eigenvalue weighted by Gasteiger charge is -2.29. The van der Waals surface area contributed by atoms with E-state index in [9.17, 15) is 10.2 Å². The molecule has 12 heavy (non-hydrogen) atoms. The first-order chi connectivity index (χ1) is 5.39. The van der Waals surface area contributed by atoms with Crippen molar-refractivity contribution in [3.8, 4) is 0 Å². The monoisotopic (exact) mass is 176 g/mol. The number of hydrogen-bond acceptors (Lipinski definition) is 3. The van der Waals surface area contributed by atoms with Gasteiger partial charge in [0.2, 0.25) is 0 Å². The number of ether oxygens (including phenoxy) is 1. The second kappa shape index (κ2) is 4.80. The first kappa shape index (κ1) is 11.9. The van der Waals surface area contributed by atoms with Gasteiger partial charge in [-0.1, -0.05) is 6.92 Å². The fourth-order valence-corrected chi connectivity index (χ4v) is 1.16. The number of methoxy groups -OCH3 is 1. The molecule has 74 valence electrons. The number of aliphatic hydroxyl groups is 2. The topological polar surface area (TPSA) is 49.7 Å². The van der Waals surface area contributed by atoms with Crippen LogP contribution in [0.25, 0.3) is 0 Å². The van der Waals surface area contributed by atoms with E-state index in [1.807, 2.05) is 6.92 Å². The van der Waals surface area contributed by atoms with E-state index < -0.39 is 11.7 Å². The molecule has 0 heterocycles. The van der Waals surface area contributed by atoms with Crippen LogP contribution in [0.2, 0.25) is 0 Å². The van der Waals surface area contributed by atoms with Crippen molar-refractivity contribution in [2.45, 2.75) is 38.9 Å². The average Bonchev–Trinajstić information content (AvgIpc) is 1.97. The van der Waals surface area contributed by atoms with E-state index in [4.69, 9.17) is 4.74 Å². The molecule has 2 unspecified atom stereocenters. The Morgan fingerprint density at radius 1 is 1.42 bits per heavy atom. The Kier molecular flexibility index (Phi) is 4.75. The van der Waals surface area contributed by atoms with E-state index in [1.54, 1.807) is 21.0 Å². The predicted octanol–water partition coefficient (Wildman–Crippen LogP) is 0.791. The van der Waals surface area contributed by atoms with Gasteiger partial charge in [-0.05, 0) is 26.2 Å². The maximum Gasteiger partial charge on any atom is 0.0852 e. The lowest BCUT2D eigenvalue weighted by Crippen LogP contribution is -2.40. The molecule has 0 aromatic carbocycles. The predicted molar refractivity (Wildman–Crippen MR) is 48.0 cm³/mol. The van der Waals surface area contributed by atoms with Crippen molar-refractivity contribution in [3.63, 3.8) is 0 Å². The van der Waals surface area contributed by atoms with Crippen molar-refractivity contribution in [1.29, 1.82) is 0 Å². The van der Waals surface area contributed by atoms with Crippen LogP contribution in [0.15, 0.2) is 0 Å². The van der Waals surface area contributed by atoms with Crippen LogP contribution in [0, 0.1) is 5.92 Å². The molecule has 0 bridgehead atoms. The van der Waals surface area contributed by atoms with E-state index in [2.05, 4.69) is 0 Å². The highest BCUT2D eigenvalue weighted by atomic mass is 16.5. The van der Waals surface area contributed by atoms with Gasteiger partial charge in [0, 0.05) is 13.7 Å². The largest absolute Gasteiger partial charge is 0.390 e. The minimum Gasteiger partial charge on any atom is -0.390 e. The molecule has 0 aromatic rings. The van der Waals surface area contributed by atoms with Crippen molar-refractivity contribution >= 4 is 0 Å². The zero-order valence-electron chi connectivity index (χ0n) is 8.37. The van der Waals surface area contributed by atoms with Crippen LogP contribution in [-0.4, -0.2) is 35.6 Å². The summed E-state index contributed by atoms with van der Waals surface area (Å²) in [5.41, 5.74) is -1.02. The Morgan fingerprint density at radius 3 is 2.25 bits per heavy atom. The second-order valence-electron chi connectivity index (χ2n) is 3.86. The smallest absolute Gasteiger partial charge is 0.0852 e. The van der Waals surface area contributed by atoms with Gasteiger partial charge in [0.15, 0.2) is 0 Å². The Morgan fingerprint density at radius 2 is 1.92 bits per heavy atom. The van der Waals surface area contributed by atoms with Crippen LogP contribution >= 0.6 is 0 Å². The molecule has 0 amide bonds. The minimum absolute atomic E-state index is 0.0601. The van der Waals surface area contributed by atoms with E-state index in [-0.39, 0.29) is 5.92 Å². The van der Waals surface area contributed by atoms with Gasteiger partial charge in [0.05, 0.1) is 11.7 Å². The molecule has 2 atom stereocenters. The van der Waals surface area contributed by atoms with Gasteiger partial charge in [0.25, 0.3) is 0 Å². The molecular formula is C9H20O3. The first-order valence-electron chi connectivity index (χ1n) is 4.29. The number of rotatable bonds is 5.